The number of hydrogen-bond donors (Lipinski definition) is 1. The van der Waals surface area contributed by atoms with Gasteiger partial charge in [0.25, 0.3) is 0 Å². The van der Waals surface area contributed by atoms with Crippen molar-refractivity contribution in [2.75, 3.05) is 12.3 Å². The van der Waals surface area contributed by atoms with Crippen LogP contribution in [0.25, 0.3) is 0 Å². The molecule has 0 spiro atoms. The second-order valence-electron chi connectivity index (χ2n) is 6.94. The average Bonchev–Trinajstić information content (AvgIpc) is 2.32. The molecule has 0 saturated carbocycles. The zero-order chi connectivity index (χ0) is 15.4. The molecule has 0 aliphatic rings. The summed E-state index contributed by atoms with van der Waals surface area (Å²) >= 11 is 0. The van der Waals surface area contributed by atoms with Crippen molar-refractivity contribution >= 4 is 14.0 Å². The van der Waals surface area contributed by atoms with Crippen LogP contribution in [0.3, 0.4) is 0 Å². The second-order valence-corrected chi connectivity index (χ2v) is 11.7. The van der Waals surface area contributed by atoms with Gasteiger partial charge in [-0.2, -0.15) is 0 Å². The molecule has 114 valence electrons. The summed E-state index contributed by atoms with van der Waals surface area (Å²) in [5.41, 5.74) is 9.25. The third-order valence-electron chi connectivity index (χ3n) is 4.29. The Kier molecular flexibility index (Phi) is 5.77. The van der Waals surface area contributed by atoms with Gasteiger partial charge in [-0.15, -0.1) is 0 Å². The van der Waals surface area contributed by atoms with Crippen molar-refractivity contribution in [3.05, 3.63) is 23.5 Å². The van der Waals surface area contributed by atoms with Gasteiger partial charge < -0.3 is 10.2 Å². The van der Waals surface area contributed by atoms with Crippen molar-refractivity contribution in [1.29, 1.82) is 0 Å². The topological polar surface area (TPSA) is 48.1 Å². The molecule has 0 fully saturated rings. The number of nitrogens with two attached hydrogens (primary N) is 1. The van der Waals surface area contributed by atoms with Crippen molar-refractivity contribution in [2.24, 2.45) is 0 Å². The van der Waals surface area contributed by atoms with E-state index in [2.05, 4.69) is 45.8 Å². The Balaban J connectivity index is 2.65. The SMILES string of the molecule is CCCc1nccc(CCO[Si](C)(C)C(C)(C)C)c1N. The zero-order valence-electron chi connectivity index (χ0n) is 13.9. The van der Waals surface area contributed by atoms with Gasteiger partial charge >= 0.3 is 0 Å². The van der Waals surface area contributed by atoms with Gasteiger partial charge in [0.15, 0.2) is 8.32 Å². The van der Waals surface area contributed by atoms with Gasteiger partial charge in [-0.25, -0.2) is 0 Å². The van der Waals surface area contributed by atoms with Gasteiger partial charge in [0, 0.05) is 12.8 Å². The molecule has 0 atom stereocenters. The molecule has 20 heavy (non-hydrogen) atoms. The Morgan fingerprint density at radius 3 is 2.45 bits per heavy atom. The zero-order valence-corrected chi connectivity index (χ0v) is 14.9. The standard InChI is InChI=1S/C16H30N2OSi/c1-7-8-14-15(17)13(9-11-18-14)10-12-19-20(5,6)16(2,3)4/h9,11H,7-8,10,12,17H2,1-6H3. The number of anilines is 1. The van der Waals surface area contributed by atoms with Gasteiger partial charge in [-0.05, 0) is 42.6 Å². The molecule has 4 heteroatoms. The first-order valence-corrected chi connectivity index (χ1v) is 10.5. The van der Waals surface area contributed by atoms with Crippen molar-refractivity contribution in [1.82, 2.24) is 4.98 Å². The van der Waals surface area contributed by atoms with Crippen LogP contribution in [0.1, 0.15) is 45.4 Å². The number of rotatable bonds is 6. The van der Waals surface area contributed by atoms with E-state index in [-0.39, 0.29) is 5.04 Å². The highest BCUT2D eigenvalue weighted by Crippen LogP contribution is 2.36. The number of hydrogen-bond acceptors (Lipinski definition) is 3. The summed E-state index contributed by atoms with van der Waals surface area (Å²) in [6.07, 6.45) is 4.75. The number of aromatic nitrogens is 1. The molecule has 0 radical (unpaired) electrons. The van der Waals surface area contributed by atoms with Crippen molar-refractivity contribution in [3.63, 3.8) is 0 Å². The molecule has 0 unspecified atom stereocenters. The van der Waals surface area contributed by atoms with Crippen LogP contribution < -0.4 is 5.73 Å². The van der Waals surface area contributed by atoms with E-state index < -0.39 is 8.32 Å². The van der Waals surface area contributed by atoms with E-state index in [1.165, 1.54) is 5.56 Å². The minimum Gasteiger partial charge on any atom is -0.416 e. The predicted octanol–water partition coefficient (Wildman–Crippen LogP) is 4.18. The van der Waals surface area contributed by atoms with Crippen molar-refractivity contribution in [2.45, 2.75) is 65.1 Å². The van der Waals surface area contributed by atoms with Crippen LogP contribution in [0.15, 0.2) is 12.3 Å². The minimum absolute atomic E-state index is 0.254. The Hall–Kier alpha value is -0.873. The maximum absolute atomic E-state index is 6.22. The number of aryl methyl sites for hydroxylation is 1. The first-order chi connectivity index (χ1) is 9.19. The van der Waals surface area contributed by atoms with Gasteiger partial charge in [-0.1, -0.05) is 34.1 Å². The van der Waals surface area contributed by atoms with E-state index in [9.17, 15) is 0 Å². The number of nitrogens with zero attached hydrogens (tertiary/aromatic N) is 1. The Morgan fingerprint density at radius 1 is 1.25 bits per heavy atom. The van der Waals surface area contributed by atoms with Crippen LogP contribution in [0, 0.1) is 0 Å². The van der Waals surface area contributed by atoms with Crippen LogP contribution >= 0.6 is 0 Å². The quantitative estimate of drug-likeness (QED) is 0.801. The van der Waals surface area contributed by atoms with Gasteiger partial charge in [0.2, 0.25) is 0 Å². The molecule has 1 heterocycles. The monoisotopic (exact) mass is 294 g/mol. The maximum atomic E-state index is 6.22. The summed E-state index contributed by atoms with van der Waals surface area (Å²) in [5.74, 6) is 0. The summed E-state index contributed by atoms with van der Waals surface area (Å²) < 4.78 is 6.22. The number of nitrogen functional groups attached to an aromatic ring is 1. The first kappa shape index (κ1) is 17.2. The van der Waals surface area contributed by atoms with Crippen LogP contribution in [-0.2, 0) is 17.3 Å². The second kappa shape index (κ2) is 6.72. The smallest absolute Gasteiger partial charge is 0.191 e. The van der Waals surface area contributed by atoms with Gasteiger partial charge in [0.05, 0.1) is 11.4 Å². The highest BCUT2D eigenvalue weighted by atomic mass is 28.4. The fraction of sp³-hybridized carbons (Fsp3) is 0.688. The molecule has 0 amide bonds. The molecule has 2 N–H and O–H groups in total. The average molecular weight is 295 g/mol. The third kappa shape index (κ3) is 4.32. The lowest BCUT2D eigenvalue weighted by molar-refractivity contribution is 0.292. The fourth-order valence-electron chi connectivity index (χ4n) is 1.85. The molecular formula is C16H30N2OSi. The lowest BCUT2D eigenvalue weighted by Gasteiger charge is -2.36. The minimum atomic E-state index is -1.66. The summed E-state index contributed by atoms with van der Waals surface area (Å²) in [4.78, 5) is 4.37. The van der Waals surface area contributed by atoms with Crippen LogP contribution in [0.2, 0.25) is 18.1 Å². The highest BCUT2D eigenvalue weighted by Gasteiger charge is 2.36. The Bertz CT molecular complexity index is 439. The molecule has 0 aromatic carbocycles. The van der Waals surface area contributed by atoms with E-state index in [4.69, 9.17) is 10.2 Å². The molecule has 0 bridgehead atoms. The fourth-order valence-corrected chi connectivity index (χ4v) is 2.89. The Labute approximate surface area is 125 Å². The lowest BCUT2D eigenvalue weighted by Crippen LogP contribution is -2.41. The molecule has 0 aliphatic heterocycles. The van der Waals surface area contributed by atoms with E-state index in [0.717, 1.165) is 37.3 Å². The van der Waals surface area contributed by atoms with Crippen LogP contribution in [0.4, 0.5) is 5.69 Å². The molecule has 1 rings (SSSR count). The third-order valence-corrected chi connectivity index (χ3v) is 8.83. The molecular weight excluding hydrogens is 264 g/mol. The van der Waals surface area contributed by atoms with Gasteiger partial charge in [-0.3, -0.25) is 4.98 Å². The number of pyridine rings is 1. The predicted molar refractivity (Wildman–Crippen MR) is 89.5 cm³/mol. The van der Waals surface area contributed by atoms with Crippen molar-refractivity contribution < 1.29 is 4.43 Å². The first-order valence-electron chi connectivity index (χ1n) is 7.55. The summed E-state index contributed by atoms with van der Waals surface area (Å²) in [6, 6.07) is 2.02. The van der Waals surface area contributed by atoms with E-state index in [1.54, 1.807) is 0 Å². The molecule has 1 aromatic rings. The summed E-state index contributed by atoms with van der Waals surface area (Å²) in [5, 5.41) is 0.254. The van der Waals surface area contributed by atoms with E-state index >= 15 is 0 Å². The molecule has 1 aromatic heterocycles. The summed E-state index contributed by atoms with van der Waals surface area (Å²) in [7, 11) is -1.66. The Morgan fingerprint density at radius 2 is 1.90 bits per heavy atom. The maximum Gasteiger partial charge on any atom is 0.191 e. The van der Waals surface area contributed by atoms with Crippen LogP contribution in [0.5, 0.6) is 0 Å². The molecule has 0 saturated heterocycles. The summed E-state index contributed by atoms with van der Waals surface area (Å²) in [6.45, 7) is 14.2. The van der Waals surface area contributed by atoms with E-state index in [0.29, 0.717) is 0 Å². The largest absolute Gasteiger partial charge is 0.416 e. The molecule has 3 nitrogen and oxygen atoms in total. The molecule has 0 aliphatic carbocycles. The van der Waals surface area contributed by atoms with Gasteiger partial charge in [0.1, 0.15) is 0 Å². The van der Waals surface area contributed by atoms with Crippen LogP contribution in [-0.4, -0.2) is 19.9 Å². The highest BCUT2D eigenvalue weighted by molar-refractivity contribution is 6.74. The van der Waals surface area contributed by atoms with Crippen molar-refractivity contribution in [3.8, 4) is 0 Å². The normalized spacial score (nSPS) is 12.7. The van der Waals surface area contributed by atoms with E-state index in [1.807, 2.05) is 12.3 Å². The lowest BCUT2D eigenvalue weighted by atomic mass is 10.1.